The van der Waals surface area contributed by atoms with Gasteiger partial charge in [0.05, 0.1) is 0 Å². The molecule has 0 amide bonds. The van der Waals surface area contributed by atoms with Crippen LogP contribution in [0.1, 0.15) is 38.8 Å². The Morgan fingerprint density at radius 1 is 1.31 bits per heavy atom. The van der Waals surface area contributed by atoms with E-state index in [0.29, 0.717) is 18.3 Å². The predicted octanol–water partition coefficient (Wildman–Crippen LogP) is 1.35. The fraction of sp³-hybridized carbons (Fsp3) is 0.818. The monoisotopic (exact) mass is 227 g/mol. The lowest BCUT2D eigenvalue weighted by Crippen LogP contribution is -2.13. The lowest BCUT2D eigenvalue weighted by molar-refractivity contribution is 0.112. The van der Waals surface area contributed by atoms with Crippen molar-refractivity contribution in [3.05, 3.63) is 11.6 Å². The van der Waals surface area contributed by atoms with Crippen molar-refractivity contribution in [1.82, 2.24) is 14.8 Å². The summed E-state index contributed by atoms with van der Waals surface area (Å²) in [4.78, 5) is 0. The summed E-state index contributed by atoms with van der Waals surface area (Å²) in [7, 11) is 0. The molecule has 1 aromatic heterocycles. The first-order valence-electron chi connectivity index (χ1n) is 5.78. The Morgan fingerprint density at radius 3 is 2.56 bits per heavy atom. The Bertz CT molecular complexity index is 310. The van der Waals surface area contributed by atoms with E-state index in [4.69, 9.17) is 9.84 Å². The van der Waals surface area contributed by atoms with Gasteiger partial charge < -0.3 is 14.4 Å². The van der Waals surface area contributed by atoms with Crippen LogP contribution in [0.3, 0.4) is 0 Å². The molecular formula is C11H21N3O2. The van der Waals surface area contributed by atoms with E-state index in [0.717, 1.165) is 25.4 Å². The maximum absolute atomic E-state index is 9.15. The number of aromatic nitrogens is 3. The Balaban J connectivity index is 2.70. The predicted molar refractivity (Wildman–Crippen MR) is 60.7 cm³/mol. The highest BCUT2D eigenvalue weighted by molar-refractivity contribution is 4.94. The fourth-order valence-electron chi connectivity index (χ4n) is 1.48. The van der Waals surface area contributed by atoms with Gasteiger partial charge in [0.15, 0.2) is 11.6 Å². The van der Waals surface area contributed by atoms with Crippen LogP contribution >= 0.6 is 0 Å². The smallest absolute Gasteiger partial charge is 0.159 e. The SMILES string of the molecule is CCCOCc1nnc(CO)n1CC(C)C. The summed E-state index contributed by atoms with van der Waals surface area (Å²) in [6.07, 6.45) is 0.991. The zero-order chi connectivity index (χ0) is 12.0. The molecule has 0 atom stereocenters. The Morgan fingerprint density at radius 2 is 2.00 bits per heavy atom. The summed E-state index contributed by atoms with van der Waals surface area (Å²) in [6.45, 7) is 8.24. The minimum Gasteiger partial charge on any atom is -0.388 e. The highest BCUT2D eigenvalue weighted by Crippen LogP contribution is 2.08. The van der Waals surface area contributed by atoms with Gasteiger partial charge in [-0.3, -0.25) is 0 Å². The van der Waals surface area contributed by atoms with Crippen LogP contribution in [0.4, 0.5) is 0 Å². The lowest BCUT2D eigenvalue weighted by Gasteiger charge is -2.11. The van der Waals surface area contributed by atoms with Crippen molar-refractivity contribution in [2.75, 3.05) is 6.61 Å². The van der Waals surface area contributed by atoms with E-state index in [9.17, 15) is 0 Å². The molecule has 1 N–H and O–H groups in total. The van der Waals surface area contributed by atoms with Gasteiger partial charge in [-0.1, -0.05) is 20.8 Å². The van der Waals surface area contributed by atoms with Crippen molar-refractivity contribution >= 4 is 0 Å². The maximum atomic E-state index is 9.15. The van der Waals surface area contributed by atoms with Gasteiger partial charge in [-0.2, -0.15) is 0 Å². The molecule has 16 heavy (non-hydrogen) atoms. The summed E-state index contributed by atoms with van der Waals surface area (Å²) >= 11 is 0. The van der Waals surface area contributed by atoms with Crippen LogP contribution in [0.25, 0.3) is 0 Å². The highest BCUT2D eigenvalue weighted by Gasteiger charge is 2.12. The second-order valence-electron chi connectivity index (χ2n) is 4.25. The molecule has 0 saturated heterocycles. The molecule has 1 rings (SSSR count). The van der Waals surface area contributed by atoms with Crippen molar-refractivity contribution in [3.63, 3.8) is 0 Å². The van der Waals surface area contributed by atoms with E-state index in [1.54, 1.807) is 0 Å². The molecule has 0 fully saturated rings. The molecule has 0 aliphatic heterocycles. The van der Waals surface area contributed by atoms with Crippen molar-refractivity contribution in [3.8, 4) is 0 Å². The quantitative estimate of drug-likeness (QED) is 0.714. The molecule has 0 aliphatic carbocycles. The number of rotatable bonds is 7. The molecule has 0 saturated carbocycles. The summed E-state index contributed by atoms with van der Waals surface area (Å²) in [6, 6.07) is 0. The van der Waals surface area contributed by atoms with Crippen LogP contribution in [0.15, 0.2) is 0 Å². The van der Waals surface area contributed by atoms with Crippen molar-refractivity contribution in [1.29, 1.82) is 0 Å². The van der Waals surface area contributed by atoms with E-state index in [2.05, 4.69) is 31.0 Å². The Kier molecular flexibility index (Phi) is 5.42. The van der Waals surface area contributed by atoms with Crippen LogP contribution in [-0.2, 0) is 24.5 Å². The van der Waals surface area contributed by atoms with Crippen molar-refractivity contribution in [2.45, 2.75) is 47.0 Å². The van der Waals surface area contributed by atoms with Crippen molar-refractivity contribution < 1.29 is 9.84 Å². The van der Waals surface area contributed by atoms with Gasteiger partial charge in [-0.05, 0) is 12.3 Å². The molecular weight excluding hydrogens is 206 g/mol. The standard InChI is InChI=1S/C11H21N3O2/c1-4-5-16-8-11-13-12-10(7-15)14(11)6-9(2)3/h9,15H,4-8H2,1-3H3. The fourth-order valence-corrected chi connectivity index (χ4v) is 1.48. The van der Waals surface area contributed by atoms with Gasteiger partial charge in [0.1, 0.15) is 13.2 Å². The molecule has 0 aliphatic rings. The molecule has 5 nitrogen and oxygen atoms in total. The maximum Gasteiger partial charge on any atom is 0.159 e. The number of aliphatic hydroxyl groups is 1. The number of hydrogen-bond acceptors (Lipinski definition) is 4. The second kappa shape index (κ2) is 6.60. The third kappa shape index (κ3) is 3.57. The summed E-state index contributed by atoms with van der Waals surface area (Å²) < 4.78 is 7.39. The molecule has 0 bridgehead atoms. The lowest BCUT2D eigenvalue weighted by atomic mass is 10.2. The Hall–Kier alpha value is -0.940. The molecule has 0 aromatic carbocycles. The van der Waals surface area contributed by atoms with E-state index < -0.39 is 0 Å². The molecule has 5 heteroatoms. The summed E-state index contributed by atoms with van der Waals surface area (Å²) in [5, 5.41) is 17.1. The molecule has 0 radical (unpaired) electrons. The van der Waals surface area contributed by atoms with Crippen LogP contribution < -0.4 is 0 Å². The minimum atomic E-state index is -0.0759. The average Bonchev–Trinajstić information content (AvgIpc) is 2.61. The molecule has 1 aromatic rings. The van der Waals surface area contributed by atoms with Gasteiger partial charge in [-0.25, -0.2) is 0 Å². The number of ether oxygens (including phenoxy) is 1. The first kappa shape index (κ1) is 13.1. The first-order chi connectivity index (χ1) is 7.69. The average molecular weight is 227 g/mol. The molecule has 1 heterocycles. The van der Waals surface area contributed by atoms with Crippen LogP contribution in [-0.4, -0.2) is 26.5 Å². The summed E-state index contributed by atoms with van der Waals surface area (Å²) in [5.41, 5.74) is 0. The van der Waals surface area contributed by atoms with Crippen LogP contribution in [0, 0.1) is 5.92 Å². The largest absolute Gasteiger partial charge is 0.388 e. The molecule has 0 unspecified atom stereocenters. The van der Waals surface area contributed by atoms with Gasteiger partial charge in [0, 0.05) is 13.2 Å². The third-order valence-electron chi connectivity index (χ3n) is 2.17. The van der Waals surface area contributed by atoms with E-state index in [1.807, 2.05) is 4.57 Å². The van der Waals surface area contributed by atoms with Crippen molar-refractivity contribution in [2.24, 2.45) is 5.92 Å². The number of aliphatic hydroxyl groups excluding tert-OH is 1. The van der Waals surface area contributed by atoms with Gasteiger partial charge in [0.25, 0.3) is 0 Å². The van der Waals surface area contributed by atoms with Gasteiger partial charge >= 0.3 is 0 Å². The number of hydrogen-bond donors (Lipinski definition) is 1. The third-order valence-corrected chi connectivity index (χ3v) is 2.17. The van der Waals surface area contributed by atoms with E-state index in [-0.39, 0.29) is 6.61 Å². The van der Waals surface area contributed by atoms with E-state index in [1.165, 1.54) is 0 Å². The number of nitrogens with zero attached hydrogens (tertiary/aromatic N) is 3. The zero-order valence-electron chi connectivity index (χ0n) is 10.3. The minimum absolute atomic E-state index is 0.0759. The zero-order valence-corrected chi connectivity index (χ0v) is 10.3. The van der Waals surface area contributed by atoms with Crippen LogP contribution in [0.2, 0.25) is 0 Å². The second-order valence-corrected chi connectivity index (χ2v) is 4.25. The van der Waals surface area contributed by atoms with Gasteiger partial charge in [-0.15, -0.1) is 10.2 Å². The normalized spacial score (nSPS) is 11.3. The van der Waals surface area contributed by atoms with Gasteiger partial charge in [0.2, 0.25) is 0 Å². The highest BCUT2D eigenvalue weighted by atomic mass is 16.5. The first-order valence-corrected chi connectivity index (χ1v) is 5.78. The Labute approximate surface area is 96.5 Å². The van der Waals surface area contributed by atoms with Crippen LogP contribution in [0.5, 0.6) is 0 Å². The topological polar surface area (TPSA) is 60.2 Å². The van der Waals surface area contributed by atoms with E-state index >= 15 is 0 Å². The molecule has 0 spiro atoms. The molecule has 92 valence electrons. The summed E-state index contributed by atoms with van der Waals surface area (Å²) in [5.74, 6) is 1.90.